The molecule has 1 aromatic rings. The molecule has 0 bridgehead atoms. The SMILES string of the molecule is COCC(Br)CCNC(=O)c1cncn1C. The molecule has 1 aromatic heterocycles. The maximum atomic E-state index is 11.6. The van der Waals surface area contributed by atoms with Gasteiger partial charge in [0.2, 0.25) is 0 Å². The number of nitrogens with zero attached hydrogens (tertiary/aromatic N) is 2. The maximum Gasteiger partial charge on any atom is 0.269 e. The lowest BCUT2D eigenvalue weighted by Gasteiger charge is -2.09. The number of aromatic nitrogens is 2. The lowest BCUT2D eigenvalue weighted by atomic mass is 10.3. The third kappa shape index (κ3) is 3.94. The molecule has 0 aliphatic heterocycles. The van der Waals surface area contributed by atoms with Gasteiger partial charge in [0.25, 0.3) is 5.91 Å². The normalized spacial score (nSPS) is 12.4. The Labute approximate surface area is 103 Å². The van der Waals surface area contributed by atoms with Crippen LogP contribution in [0.25, 0.3) is 0 Å². The molecule has 0 aliphatic carbocycles. The molecule has 1 heterocycles. The zero-order chi connectivity index (χ0) is 12.0. The summed E-state index contributed by atoms with van der Waals surface area (Å²) in [5, 5.41) is 2.83. The fourth-order valence-electron chi connectivity index (χ4n) is 1.27. The second kappa shape index (κ2) is 6.65. The van der Waals surface area contributed by atoms with Crippen molar-refractivity contribution in [3.8, 4) is 0 Å². The van der Waals surface area contributed by atoms with E-state index in [0.717, 1.165) is 6.42 Å². The third-order valence-electron chi connectivity index (χ3n) is 2.14. The quantitative estimate of drug-likeness (QED) is 0.794. The fraction of sp³-hybridized carbons (Fsp3) is 0.600. The monoisotopic (exact) mass is 289 g/mol. The average molecular weight is 290 g/mol. The van der Waals surface area contributed by atoms with Gasteiger partial charge in [0.1, 0.15) is 5.69 Å². The third-order valence-corrected chi connectivity index (χ3v) is 2.86. The zero-order valence-electron chi connectivity index (χ0n) is 9.44. The largest absolute Gasteiger partial charge is 0.384 e. The van der Waals surface area contributed by atoms with Gasteiger partial charge in [0.05, 0.1) is 19.1 Å². The van der Waals surface area contributed by atoms with Crippen molar-refractivity contribution in [2.24, 2.45) is 7.05 Å². The smallest absolute Gasteiger partial charge is 0.269 e. The van der Waals surface area contributed by atoms with Gasteiger partial charge < -0.3 is 14.6 Å². The van der Waals surface area contributed by atoms with Gasteiger partial charge in [0.15, 0.2) is 0 Å². The van der Waals surface area contributed by atoms with Crippen LogP contribution in [0.3, 0.4) is 0 Å². The van der Waals surface area contributed by atoms with E-state index < -0.39 is 0 Å². The van der Waals surface area contributed by atoms with Crippen LogP contribution in [0, 0.1) is 0 Å². The molecule has 1 amide bonds. The van der Waals surface area contributed by atoms with E-state index in [1.807, 2.05) is 0 Å². The first-order valence-electron chi connectivity index (χ1n) is 5.02. The molecule has 1 unspecified atom stereocenters. The molecule has 0 radical (unpaired) electrons. The number of imidazole rings is 1. The molecule has 16 heavy (non-hydrogen) atoms. The first-order chi connectivity index (χ1) is 7.65. The molecule has 1 N–H and O–H groups in total. The number of alkyl halides is 1. The Kier molecular flexibility index (Phi) is 5.48. The van der Waals surface area contributed by atoms with Gasteiger partial charge in [-0.2, -0.15) is 0 Å². The van der Waals surface area contributed by atoms with E-state index in [0.29, 0.717) is 18.8 Å². The molecular weight excluding hydrogens is 274 g/mol. The summed E-state index contributed by atoms with van der Waals surface area (Å²) >= 11 is 3.46. The zero-order valence-corrected chi connectivity index (χ0v) is 11.0. The predicted molar refractivity (Wildman–Crippen MR) is 64.7 cm³/mol. The number of rotatable bonds is 6. The Balaban J connectivity index is 2.29. The van der Waals surface area contributed by atoms with Crippen LogP contribution < -0.4 is 5.32 Å². The summed E-state index contributed by atoms with van der Waals surface area (Å²) in [6.45, 7) is 1.25. The van der Waals surface area contributed by atoms with Crippen molar-refractivity contribution < 1.29 is 9.53 Å². The Morgan fingerprint density at radius 2 is 2.50 bits per heavy atom. The molecular formula is C10H16BrN3O2. The highest BCUT2D eigenvalue weighted by Gasteiger charge is 2.09. The van der Waals surface area contributed by atoms with Gasteiger partial charge in [-0.1, -0.05) is 15.9 Å². The molecule has 0 fully saturated rings. The minimum absolute atomic E-state index is 0.0999. The summed E-state index contributed by atoms with van der Waals surface area (Å²) in [7, 11) is 3.45. The number of nitrogens with one attached hydrogen (secondary N) is 1. The van der Waals surface area contributed by atoms with Crippen LogP contribution in [0.4, 0.5) is 0 Å². The molecule has 0 saturated carbocycles. The summed E-state index contributed by atoms with van der Waals surface area (Å²) in [6.07, 6.45) is 3.99. The summed E-state index contributed by atoms with van der Waals surface area (Å²) in [6, 6.07) is 0. The Hall–Kier alpha value is -0.880. The second-order valence-electron chi connectivity index (χ2n) is 3.49. The fourth-order valence-corrected chi connectivity index (χ4v) is 1.77. The summed E-state index contributed by atoms with van der Waals surface area (Å²) in [5.41, 5.74) is 0.567. The number of ether oxygens (including phenoxy) is 1. The highest BCUT2D eigenvalue weighted by molar-refractivity contribution is 9.09. The summed E-state index contributed by atoms with van der Waals surface area (Å²) < 4.78 is 6.67. The number of aryl methyl sites for hydroxylation is 1. The number of hydrogen-bond acceptors (Lipinski definition) is 3. The number of methoxy groups -OCH3 is 1. The van der Waals surface area contributed by atoms with Gasteiger partial charge in [0, 0.05) is 25.5 Å². The molecule has 0 saturated heterocycles. The lowest BCUT2D eigenvalue weighted by molar-refractivity contribution is 0.0944. The molecule has 0 aliphatic rings. The van der Waals surface area contributed by atoms with Crippen molar-refractivity contribution in [1.82, 2.24) is 14.9 Å². The molecule has 0 aromatic carbocycles. The highest BCUT2D eigenvalue weighted by atomic mass is 79.9. The number of amides is 1. The first-order valence-corrected chi connectivity index (χ1v) is 5.94. The van der Waals surface area contributed by atoms with E-state index >= 15 is 0 Å². The number of carbonyl (C=O) groups is 1. The van der Waals surface area contributed by atoms with Gasteiger partial charge in [-0.25, -0.2) is 4.98 Å². The van der Waals surface area contributed by atoms with Crippen LogP contribution in [0.15, 0.2) is 12.5 Å². The topological polar surface area (TPSA) is 56.1 Å². The number of carbonyl (C=O) groups excluding carboxylic acids is 1. The molecule has 6 heteroatoms. The predicted octanol–water partition coefficient (Wildman–Crippen LogP) is 0.950. The minimum Gasteiger partial charge on any atom is -0.384 e. The van der Waals surface area contributed by atoms with Crippen LogP contribution in [-0.4, -0.2) is 40.5 Å². The van der Waals surface area contributed by atoms with Crippen molar-refractivity contribution in [1.29, 1.82) is 0 Å². The van der Waals surface area contributed by atoms with E-state index in [1.165, 1.54) is 0 Å². The van der Waals surface area contributed by atoms with Gasteiger partial charge in [-0.05, 0) is 6.42 Å². The van der Waals surface area contributed by atoms with Gasteiger partial charge in [-0.15, -0.1) is 0 Å². The Morgan fingerprint density at radius 3 is 3.06 bits per heavy atom. The van der Waals surface area contributed by atoms with E-state index in [-0.39, 0.29) is 10.7 Å². The molecule has 0 spiro atoms. The Bertz CT molecular complexity index is 341. The number of halogens is 1. The van der Waals surface area contributed by atoms with E-state index in [1.54, 1.807) is 31.2 Å². The Morgan fingerprint density at radius 1 is 1.75 bits per heavy atom. The van der Waals surface area contributed by atoms with Crippen molar-refractivity contribution in [2.45, 2.75) is 11.2 Å². The second-order valence-corrected chi connectivity index (χ2v) is 4.78. The van der Waals surface area contributed by atoms with E-state index in [2.05, 4.69) is 26.2 Å². The van der Waals surface area contributed by atoms with Crippen LogP contribution in [-0.2, 0) is 11.8 Å². The maximum absolute atomic E-state index is 11.6. The highest BCUT2D eigenvalue weighted by Crippen LogP contribution is 2.04. The molecule has 5 nitrogen and oxygen atoms in total. The van der Waals surface area contributed by atoms with E-state index in [4.69, 9.17) is 4.74 Å². The molecule has 1 atom stereocenters. The van der Waals surface area contributed by atoms with Crippen LogP contribution >= 0.6 is 15.9 Å². The minimum atomic E-state index is -0.0999. The first kappa shape index (κ1) is 13.2. The van der Waals surface area contributed by atoms with Crippen LogP contribution in [0.1, 0.15) is 16.9 Å². The number of hydrogen-bond donors (Lipinski definition) is 1. The molecule has 90 valence electrons. The van der Waals surface area contributed by atoms with Crippen LogP contribution in [0.5, 0.6) is 0 Å². The van der Waals surface area contributed by atoms with Crippen LogP contribution in [0.2, 0.25) is 0 Å². The van der Waals surface area contributed by atoms with Crippen molar-refractivity contribution in [3.63, 3.8) is 0 Å². The standard InChI is InChI=1S/C10H16BrN3O2/c1-14-7-12-5-9(14)10(15)13-4-3-8(11)6-16-2/h5,7-8H,3-4,6H2,1-2H3,(H,13,15). The van der Waals surface area contributed by atoms with Crippen molar-refractivity contribution in [2.75, 3.05) is 20.3 Å². The summed E-state index contributed by atoms with van der Waals surface area (Å²) in [4.78, 5) is 15.8. The van der Waals surface area contributed by atoms with Gasteiger partial charge in [-0.3, -0.25) is 4.79 Å². The average Bonchev–Trinajstić information content (AvgIpc) is 2.64. The lowest BCUT2D eigenvalue weighted by Crippen LogP contribution is -2.28. The molecule has 1 rings (SSSR count). The van der Waals surface area contributed by atoms with Gasteiger partial charge >= 0.3 is 0 Å². The van der Waals surface area contributed by atoms with E-state index in [9.17, 15) is 4.79 Å². The summed E-state index contributed by atoms with van der Waals surface area (Å²) in [5.74, 6) is -0.0999. The van der Waals surface area contributed by atoms with Crippen molar-refractivity contribution in [3.05, 3.63) is 18.2 Å². The van der Waals surface area contributed by atoms with Crippen molar-refractivity contribution >= 4 is 21.8 Å².